The number of hydrogen-bond acceptors (Lipinski definition) is 2. The summed E-state index contributed by atoms with van der Waals surface area (Å²) in [5.41, 5.74) is 1.77. The van der Waals surface area contributed by atoms with Gasteiger partial charge in [-0.15, -0.1) is 0 Å². The number of aromatic nitrogens is 1. The molecule has 1 heterocycles. The molecule has 2 unspecified atom stereocenters. The van der Waals surface area contributed by atoms with Crippen molar-refractivity contribution in [1.29, 1.82) is 0 Å². The second kappa shape index (κ2) is 4.54. The van der Waals surface area contributed by atoms with Crippen LogP contribution in [0.5, 0.6) is 0 Å². The highest BCUT2D eigenvalue weighted by atomic mass is 14.9. The van der Waals surface area contributed by atoms with Gasteiger partial charge in [0.2, 0.25) is 0 Å². The van der Waals surface area contributed by atoms with Crippen molar-refractivity contribution in [3.63, 3.8) is 0 Å². The van der Waals surface area contributed by atoms with E-state index in [0.29, 0.717) is 11.5 Å². The van der Waals surface area contributed by atoms with Crippen LogP contribution in [0.4, 0.5) is 0 Å². The third-order valence-electron chi connectivity index (χ3n) is 4.10. The third-order valence-corrected chi connectivity index (χ3v) is 4.10. The predicted molar refractivity (Wildman–Crippen MR) is 67.2 cm³/mol. The summed E-state index contributed by atoms with van der Waals surface area (Å²) in [5.74, 6) is 0.724. The van der Waals surface area contributed by atoms with Crippen LogP contribution in [0.15, 0.2) is 24.5 Å². The van der Waals surface area contributed by atoms with Crippen molar-refractivity contribution in [3.05, 3.63) is 30.1 Å². The van der Waals surface area contributed by atoms with Crippen molar-refractivity contribution in [3.8, 4) is 0 Å². The summed E-state index contributed by atoms with van der Waals surface area (Å²) in [7, 11) is 2.06. The van der Waals surface area contributed by atoms with Gasteiger partial charge in [0.15, 0.2) is 0 Å². The van der Waals surface area contributed by atoms with Crippen LogP contribution < -0.4 is 5.32 Å². The maximum atomic E-state index is 4.23. The summed E-state index contributed by atoms with van der Waals surface area (Å²) in [4.78, 5) is 4.23. The van der Waals surface area contributed by atoms with E-state index >= 15 is 0 Å². The van der Waals surface area contributed by atoms with Gasteiger partial charge in [-0.05, 0) is 42.9 Å². The number of rotatable bonds is 3. The Hall–Kier alpha value is -0.890. The molecule has 0 aromatic carbocycles. The highest BCUT2D eigenvalue weighted by Crippen LogP contribution is 2.48. The van der Waals surface area contributed by atoms with Crippen molar-refractivity contribution in [1.82, 2.24) is 10.3 Å². The van der Waals surface area contributed by atoms with E-state index in [0.717, 1.165) is 5.92 Å². The van der Waals surface area contributed by atoms with Crippen molar-refractivity contribution < 1.29 is 0 Å². The van der Waals surface area contributed by atoms with Crippen LogP contribution >= 0.6 is 0 Å². The lowest BCUT2D eigenvalue weighted by atomic mass is 9.76. The molecule has 1 N–H and O–H groups in total. The van der Waals surface area contributed by atoms with Crippen LogP contribution in [-0.4, -0.2) is 12.0 Å². The first-order valence-corrected chi connectivity index (χ1v) is 6.22. The van der Waals surface area contributed by atoms with Gasteiger partial charge in [-0.2, -0.15) is 0 Å². The minimum atomic E-state index is 0.448. The Labute approximate surface area is 98.5 Å². The topological polar surface area (TPSA) is 24.9 Å². The van der Waals surface area contributed by atoms with E-state index in [9.17, 15) is 0 Å². The molecule has 0 aliphatic heterocycles. The summed E-state index contributed by atoms with van der Waals surface area (Å²) in [6.07, 6.45) is 7.87. The molecular formula is C14H22N2. The molecule has 1 saturated carbocycles. The molecule has 1 fully saturated rings. The lowest BCUT2D eigenvalue weighted by molar-refractivity contribution is 0.203. The lowest BCUT2D eigenvalue weighted by Crippen LogP contribution is -2.32. The number of nitrogens with zero attached hydrogens (tertiary/aromatic N) is 1. The minimum absolute atomic E-state index is 0.448. The van der Waals surface area contributed by atoms with Crippen LogP contribution in [0, 0.1) is 11.3 Å². The van der Waals surface area contributed by atoms with E-state index in [1.165, 1.54) is 24.8 Å². The molecule has 2 heteroatoms. The van der Waals surface area contributed by atoms with Crippen molar-refractivity contribution in [2.45, 2.75) is 39.2 Å². The average molecular weight is 218 g/mol. The first-order valence-electron chi connectivity index (χ1n) is 6.22. The van der Waals surface area contributed by atoms with Crippen molar-refractivity contribution in [2.75, 3.05) is 7.05 Å². The Morgan fingerprint density at radius 2 is 2.31 bits per heavy atom. The summed E-state index contributed by atoms with van der Waals surface area (Å²) >= 11 is 0. The Morgan fingerprint density at radius 1 is 1.50 bits per heavy atom. The molecule has 1 aliphatic rings. The van der Waals surface area contributed by atoms with E-state index in [1.807, 2.05) is 18.5 Å². The maximum absolute atomic E-state index is 4.23. The largest absolute Gasteiger partial charge is 0.313 e. The van der Waals surface area contributed by atoms with Gasteiger partial charge in [0.1, 0.15) is 0 Å². The maximum Gasteiger partial charge on any atom is 0.0366 e. The molecular weight excluding hydrogens is 196 g/mol. The second-order valence-corrected chi connectivity index (χ2v) is 5.54. The van der Waals surface area contributed by atoms with E-state index in [-0.39, 0.29) is 0 Å². The first-order chi connectivity index (χ1) is 7.65. The molecule has 0 saturated heterocycles. The van der Waals surface area contributed by atoms with E-state index in [1.54, 1.807) is 0 Å². The fourth-order valence-corrected chi connectivity index (χ4v) is 3.13. The summed E-state index contributed by atoms with van der Waals surface area (Å²) in [5, 5.41) is 3.48. The van der Waals surface area contributed by atoms with Gasteiger partial charge in [0.25, 0.3) is 0 Å². The zero-order chi connectivity index (χ0) is 11.6. The summed E-state index contributed by atoms with van der Waals surface area (Å²) < 4.78 is 0. The zero-order valence-corrected chi connectivity index (χ0v) is 10.5. The quantitative estimate of drug-likeness (QED) is 0.843. The molecule has 2 nitrogen and oxygen atoms in total. The molecule has 1 aliphatic carbocycles. The second-order valence-electron chi connectivity index (χ2n) is 5.54. The van der Waals surface area contributed by atoms with Crippen molar-refractivity contribution in [2.24, 2.45) is 11.3 Å². The van der Waals surface area contributed by atoms with Gasteiger partial charge in [0, 0.05) is 18.4 Å². The number of nitrogens with one attached hydrogen (secondary N) is 1. The summed E-state index contributed by atoms with van der Waals surface area (Å²) in [6.45, 7) is 4.79. The third kappa shape index (κ3) is 2.12. The smallest absolute Gasteiger partial charge is 0.0366 e. The van der Waals surface area contributed by atoms with Gasteiger partial charge in [0.05, 0.1) is 0 Å². The van der Waals surface area contributed by atoms with E-state index < -0.39 is 0 Å². The molecule has 0 radical (unpaired) electrons. The fraction of sp³-hybridized carbons (Fsp3) is 0.643. The van der Waals surface area contributed by atoms with Crippen molar-refractivity contribution >= 4 is 0 Å². The Morgan fingerprint density at radius 3 is 2.81 bits per heavy atom. The SMILES string of the molecule is CNC(c1cccnc1)C1CCCC1(C)C. The highest BCUT2D eigenvalue weighted by molar-refractivity contribution is 5.16. The van der Waals surface area contributed by atoms with Gasteiger partial charge in [-0.25, -0.2) is 0 Å². The van der Waals surface area contributed by atoms with E-state index in [4.69, 9.17) is 0 Å². The monoisotopic (exact) mass is 218 g/mol. The average Bonchev–Trinajstić information content (AvgIpc) is 2.62. The molecule has 16 heavy (non-hydrogen) atoms. The fourth-order valence-electron chi connectivity index (χ4n) is 3.13. The number of pyridine rings is 1. The molecule has 2 rings (SSSR count). The van der Waals surface area contributed by atoms with Crippen LogP contribution in [0.25, 0.3) is 0 Å². The van der Waals surface area contributed by atoms with Crippen LogP contribution in [0.2, 0.25) is 0 Å². The standard InChI is InChI=1S/C14H22N2/c1-14(2)8-4-7-12(14)13(15-3)11-6-5-9-16-10-11/h5-6,9-10,12-13,15H,4,7-8H2,1-3H3. The number of hydrogen-bond donors (Lipinski definition) is 1. The lowest BCUT2D eigenvalue weighted by Gasteiger charge is -2.34. The summed E-state index contributed by atoms with van der Waals surface area (Å²) in [6, 6.07) is 4.66. The van der Waals surface area contributed by atoms with Gasteiger partial charge in [-0.1, -0.05) is 26.3 Å². The Bertz CT molecular complexity index is 332. The molecule has 0 spiro atoms. The molecule has 2 atom stereocenters. The minimum Gasteiger partial charge on any atom is -0.313 e. The molecule has 88 valence electrons. The van der Waals surface area contributed by atoms with Crippen LogP contribution in [0.1, 0.15) is 44.7 Å². The molecule has 1 aromatic rings. The van der Waals surface area contributed by atoms with Crippen LogP contribution in [-0.2, 0) is 0 Å². The molecule has 1 aromatic heterocycles. The van der Waals surface area contributed by atoms with Gasteiger partial charge < -0.3 is 5.32 Å². The zero-order valence-electron chi connectivity index (χ0n) is 10.5. The molecule has 0 amide bonds. The van der Waals surface area contributed by atoms with Gasteiger partial charge in [-0.3, -0.25) is 4.98 Å². The normalized spacial score (nSPS) is 25.6. The first kappa shape index (κ1) is 11.6. The Balaban J connectivity index is 2.23. The predicted octanol–water partition coefficient (Wildman–Crippen LogP) is 3.17. The Kier molecular flexibility index (Phi) is 3.29. The highest BCUT2D eigenvalue weighted by Gasteiger charge is 2.39. The van der Waals surface area contributed by atoms with Crippen LogP contribution in [0.3, 0.4) is 0 Å². The van der Waals surface area contributed by atoms with E-state index in [2.05, 4.69) is 37.3 Å². The molecule has 0 bridgehead atoms. The van der Waals surface area contributed by atoms with Gasteiger partial charge >= 0.3 is 0 Å².